The third-order valence-corrected chi connectivity index (χ3v) is 5.33. The number of anilines is 1. The third kappa shape index (κ3) is 5.41. The number of hydrogen-bond donors (Lipinski definition) is 0. The highest BCUT2D eigenvalue weighted by atomic mass is 35.5. The Kier molecular flexibility index (Phi) is 7.75. The van der Waals surface area contributed by atoms with Gasteiger partial charge in [0.05, 0.1) is 10.2 Å². The van der Waals surface area contributed by atoms with Gasteiger partial charge in [0.25, 0.3) is 5.91 Å². The Hall–Kier alpha value is -2.21. The van der Waals surface area contributed by atoms with Gasteiger partial charge in [-0.1, -0.05) is 47.7 Å². The molecule has 0 bridgehead atoms. The molecule has 148 valence electrons. The van der Waals surface area contributed by atoms with Gasteiger partial charge in [-0.05, 0) is 56.8 Å². The first kappa shape index (κ1) is 22.1. The number of aryl methyl sites for hydroxylation is 2. The van der Waals surface area contributed by atoms with Gasteiger partial charge in [0, 0.05) is 19.2 Å². The van der Waals surface area contributed by atoms with E-state index >= 15 is 0 Å². The van der Waals surface area contributed by atoms with Crippen molar-refractivity contribution in [2.24, 2.45) is 0 Å². The highest BCUT2D eigenvalue weighted by molar-refractivity contribution is 7.22. The van der Waals surface area contributed by atoms with Crippen LogP contribution in [-0.2, 0) is 4.79 Å². The average Bonchev–Trinajstić information content (AvgIpc) is 3.04. The summed E-state index contributed by atoms with van der Waals surface area (Å²) in [5.74, 6) is -0.0471. The molecule has 0 radical (unpaired) electrons. The molecule has 1 amide bonds. The number of carbonyl (C=O) groups excluding carboxylic acids is 1. The zero-order valence-corrected chi connectivity index (χ0v) is 18.3. The van der Waals surface area contributed by atoms with Crippen molar-refractivity contribution in [3.05, 3.63) is 65.2 Å². The zero-order valence-electron chi connectivity index (χ0n) is 16.7. The summed E-state index contributed by atoms with van der Waals surface area (Å²) in [6.07, 6.45) is 3.49. The molecule has 0 saturated heterocycles. The molecule has 1 heterocycles. The SMILES string of the molecule is Cc1cc(C)c2nc(N(CCN(C)C)C(=O)C=Cc3ccccc3)sc2c1.Cl. The number of carbonyl (C=O) groups is 1. The van der Waals surface area contributed by atoms with Crippen molar-refractivity contribution in [1.82, 2.24) is 9.88 Å². The molecule has 1 aromatic heterocycles. The van der Waals surface area contributed by atoms with Gasteiger partial charge in [0.2, 0.25) is 0 Å². The van der Waals surface area contributed by atoms with E-state index < -0.39 is 0 Å². The lowest BCUT2D eigenvalue weighted by molar-refractivity contribution is -0.114. The minimum atomic E-state index is -0.0471. The van der Waals surface area contributed by atoms with Gasteiger partial charge >= 0.3 is 0 Å². The van der Waals surface area contributed by atoms with Crippen LogP contribution >= 0.6 is 23.7 Å². The monoisotopic (exact) mass is 415 g/mol. The van der Waals surface area contributed by atoms with Crippen molar-refractivity contribution in [2.45, 2.75) is 13.8 Å². The smallest absolute Gasteiger partial charge is 0.252 e. The number of amides is 1. The summed E-state index contributed by atoms with van der Waals surface area (Å²) in [6.45, 7) is 5.53. The Morgan fingerprint density at radius 1 is 1.11 bits per heavy atom. The Morgan fingerprint density at radius 2 is 1.82 bits per heavy atom. The summed E-state index contributed by atoms with van der Waals surface area (Å²) in [4.78, 5) is 21.6. The van der Waals surface area contributed by atoms with Crippen LogP contribution in [0.3, 0.4) is 0 Å². The molecule has 0 aliphatic carbocycles. The van der Waals surface area contributed by atoms with E-state index in [4.69, 9.17) is 4.98 Å². The molecule has 3 aromatic rings. The molecule has 3 rings (SSSR count). The lowest BCUT2D eigenvalue weighted by Gasteiger charge is -2.20. The van der Waals surface area contributed by atoms with Gasteiger partial charge in [0.15, 0.2) is 5.13 Å². The van der Waals surface area contributed by atoms with E-state index in [1.165, 1.54) is 5.56 Å². The second-order valence-corrected chi connectivity index (χ2v) is 7.97. The maximum absolute atomic E-state index is 12.9. The average molecular weight is 416 g/mol. The Balaban J connectivity index is 0.00000280. The normalized spacial score (nSPS) is 11.2. The second-order valence-electron chi connectivity index (χ2n) is 6.96. The highest BCUT2D eigenvalue weighted by Crippen LogP contribution is 2.31. The second kappa shape index (κ2) is 9.82. The van der Waals surface area contributed by atoms with Crippen molar-refractivity contribution in [3.63, 3.8) is 0 Å². The quantitative estimate of drug-likeness (QED) is 0.535. The van der Waals surface area contributed by atoms with Crippen LogP contribution in [0.2, 0.25) is 0 Å². The minimum absolute atomic E-state index is 0. The standard InChI is InChI=1S/C22H25N3OS.ClH/c1-16-14-17(2)21-19(15-16)27-22(23-21)25(13-12-24(3)4)20(26)11-10-18-8-6-5-7-9-18;/h5-11,14-15H,12-13H2,1-4H3;1H. The molecule has 0 aliphatic heterocycles. The molecule has 6 heteroatoms. The van der Waals surface area contributed by atoms with Crippen LogP contribution < -0.4 is 4.90 Å². The van der Waals surface area contributed by atoms with Gasteiger partial charge in [-0.25, -0.2) is 4.98 Å². The lowest BCUT2D eigenvalue weighted by atomic mass is 10.1. The zero-order chi connectivity index (χ0) is 19.4. The first-order valence-corrected chi connectivity index (χ1v) is 9.83. The Labute approximate surface area is 176 Å². The van der Waals surface area contributed by atoms with Crippen LogP contribution in [0.25, 0.3) is 16.3 Å². The number of thiazole rings is 1. The van der Waals surface area contributed by atoms with Crippen molar-refractivity contribution in [2.75, 3.05) is 32.1 Å². The number of benzene rings is 2. The Morgan fingerprint density at radius 3 is 2.50 bits per heavy atom. The molecule has 0 fully saturated rings. The van der Waals surface area contributed by atoms with E-state index in [0.717, 1.165) is 33.0 Å². The van der Waals surface area contributed by atoms with E-state index in [2.05, 4.69) is 30.9 Å². The van der Waals surface area contributed by atoms with Crippen LogP contribution in [0.4, 0.5) is 5.13 Å². The van der Waals surface area contributed by atoms with E-state index in [0.29, 0.717) is 6.54 Å². The maximum Gasteiger partial charge on any atom is 0.252 e. The predicted octanol–water partition coefficient (Wildman–Crippen LogP) is 4.94. The number of nitrogens with zero attached hydrogens (tertiary/aromatic N) is 3. The van der Waals surface area contributed by atoms with Crippen molar-refractivity contribution >= 4 is 51.1 Å². The molecule has 0 aliphatic rings. The number of hydrogen-bond acceptors (Lipinski definition) is 4. The van der Waals surface area contributed by atoms with Crippen molar-refractivity contribution in [1.29, 1.82) is 0 Å². The van der Waals surface area contributed by atoms with Gasteiger partial charge < -0.3 is 4.90 Å². The highest BCUT2D eigenvalue weighted by Gasteiger charge is 2.18. The largest absolute Gasteiger partial charge is 0.308 e. The number of rotatable bonds is 6. The van der Waals surface area contributed by atoms with Gasteiger partial charge in [-0.3, -0.25) is 9.69 Å². The summed E-state index contributed by atoms with van der Waals surface area (Å²) in [6, 6.07) is 14.1. The molecule has 0 spiro atoms. The molecule has 0 N–H and O–H groups in total. The fraction of sp³-hybridized carbons (Fsp3) is 0.273. The van der Waals surface area contributed by atoms with E-state index in [1.54, 1.807) is 22.3 Å². The molecule has 0 saturated carbocycles. The number of likely N-dealkylation sites (N-methyl/N-ethyl adjacent to an activating group) is 1. The van der Waals surface area contributed by atoms with Gasteiger partial charge in [0.1, 0.15) is 0 Å². The number of aromatic nitrogens is 1. The maximum atomic E-state index is 12.9. The molecule has 2 aromatic carbocycles. The van der Waals surface area contributed by atoms with Crippen molar-refractivity contribution < 1.29 is 4.79 Å². The summed E-state index contributed by atoms with van der Waals surface area (Å²) in [7, 11) is 4.02. The summed E-state index contributed by atoms with van der Waals surface area (Å²) in [5.41, 5.74) is 4.35. The van der Waals surface area contributed by atoms with Crippen LogP contribution in [0, 0.1) is 13.8 Å². The van der Waals surface area contributed by atoms with Crippen LogP contribution in [0.1, 0.15) is 16.7 Å². The fourth-order valence-corrected chi connectivity index (χ4v) is 4.07. The molecule has 0 unspecified atom stereocenters. The number of fused-ring (bicyclic) bond motifs is 1. The van der Waals surface area contributed by atoms with E-state index in [1.807, 2.05) is 50.5 Å². The van der Waals surface area contributed by atoms with E-state index in [-0.39, 0.29) is 18.3 Å². The summed E-state index contributed by atoms with van der Waals surface area (Å²) >= 11 is 1.58. The van der Waals surface area contributed by atoms with Crippen LogP contribution in [-0.4, -0.2) is 43.0 Å². The summed E-state index contributed by atoms with van der Waals surface area (Å²) < 4.78 is 1.12. The Bertz CT molecular complexity index is 967. The third-order valence-electron chi connectivity index (χ3n) is 4.30. The fourth-order valence-electron chi connectivity index (χ4n) is 2.90. The van der Waals surface area contributed by atoms with Gasteiger partial charge in [-0.15, -0.1) is 12.4 Å². The van der Waals surface area contributed by atoms with Gasteiger partial charge in [-0.2, -0.15) is 0 Å². The van der Waals surface area contributed by atoms with Crippen LogP contribution in [0.5, 0.6) is 0 Å². The van der Waals surface area contributed by atoms with Crippen molar-refractivity contribution in [3.8, 4) is 0 Å². The molecule has 28 heavy (non-hydrogen) atoms. The number of halogens is 1. The molecule has 0 atom stereocenters. The topological polar surface area (TPSA) is 36.4 Å². The first-order chi connectivity index (χ1) is 12.9. The first-order valence-electron chi connectivity index (χ1n) is 9.01. The molecular formula is C22H26ClN3OS. The molecular weight excluding hydrogens is 390 g/mol. The summed E-state index contributed by atoms with van der Waals surface area (Å²) in [5, 5.41) is 0.753. The van der Waals surface area contributed by atoms with E-state index in [9.17, 15) is 4.79 Å². The minimum Gasteiger partial charge on any atom is -0.308 e. The predicted molar refractivity (Wildman–Crippen MR) is 123 cm³/mol. The molecule has 4 nitrogen and oxygen atoms in total. The van der Waals surface area contributed by atoms with Crippen LogP contribution in [0.15, 0.2) is 48.5 Å². The lowest BCUT2D eigenvalue weighted by Crippen LogP contribution is -2.35.